The van der Waals surface area contributed by atoms with Crippen molar-refractivity contribution in [3.8, 4) is 0 Å². The van der Waals surface area contributed by atoms with E-state index in [0.29, 0.717) is 12.1 Å². The Kier molecular flexibility index (Phi) is 6.72. The first-order valence-electron chi connectivity index (χ1n) is 8.23. The van der Waals surface area contributed by atoms with Crippen molar-refractivity contribution in [1.29, 1.82) is 0 Å². The first kappa shape index (κ1) is 17.0. The lowest BCUT2D eigenvalue weighted by Gasteiger charge is -2.23. The molecule has 0 aromatic heterocycles. The first-order chi connectivity index (χ1) is 10.1. The van der Waals surface area contributed by atoms with Crippen LogP contribution in [0.3, 0.4) is 0 Å². The first-order valence-corrected chi connectivity index (χ1v) is 9.02. The van der Waals surface area contributed by atoms with Crippen LogP contribution in [-0.2, 0) is 4.74 Å². The van der Waals surface area contributed by atoms with Crippen molar-refractivity contribution in [2.45, 2.75) is 65.0 Å². The van der Waals surface area contributed by atoms with Gasteiger partial charge in [-0.05, 0) is 75.3 Å². The largest absolute Gasteiger partial charge is 0.378 e. The van der Waals surface area contributed by atoms with Crippen molar-refractivity contribution in [1.82, 2.24) is 5.32 Å². The molecule has 2 unspecified atom stereocenters. The molecule has 118 valence electrons. The highest BCUT2D eigenvalue weighted by Gasteiger charge is 2.20. The van der Waals surface area contributed by atoms with Gasteiger partial charge in [-0.2, -0.15) is 0 Å². The molecule has 0 spiro atoms. The van der Waals surface area contributed by atoms with Crippen molar-refractivity contribution < 1.29 is 4.74 Å². The van der Waals surface area contributed by atoms with Crippen LogP contribution < -0.4 is 5.32 Å². The van der Waals surface area contributed by atoms with E-state index in [4.69, 9.17) is 4.74 Å². The van der Waals surface area contributed by atoms with E-state index in [2.05, 4.69) is 54.2 Å². The summed E-state index contributed by atoms with van der Waals surface area (Å²) in [4.78, 5) is 0. The van der Waals surface area contributed by atoms with E-state index in [-0.39, 0.29) is 0 Å². The Labute approximate surface area is 137 Å². The van der Waals surface area contributed by atoms with Gasteiger partial charge in [0.1, 0.15) is 0 Å². The standard InChI is InChI=1S/C18H28BrNO/c1-4-9-20-18(8-7-15-6-5-10-21-15)16-11-14(3)17(19)12-13(16)2/h11-12,15,18,20H,4-10H2,1-3H3. The zero-order chi connectivity index (χ0) is 15.2. The minimum atomic E-state index is 0.445. The van der Waals surface area contributed by atoms with E-state index in [1.807, 2.05) is 0 Å². The molecule has 1 aliphatic heterocycles. The topological polar surface area (TPSA) is 21.3 Å². The molecule has 2 atom stereocenters. The Hall–Kier alpha value is -0.380. The summed E-state index contributed by atoms with van der Waals surface area (Å²) in [6, 6.07) is 5.03. The van der Waals surface area contributed by atoms with Gasteiger partial charge in [-0.1, -0.05) is 28.9 Å². The smallest absolute Gasteiger partial charge is 0.0576 e. The van der Waals surface area contributed by atoms with Gasteiger partial charge in [0.15, 0.2) is 0 Å². The van der Waals surface area contributed by atoms with Crippen LogP contribution in [0.25, 0.3) is 0 Å². The lowest BCUT2D eigenvalue weighted by Crippen LogP contribution is -2.24. The highest BCUT2D eigenvalue weighted by molar-refractivity contribution is 9.10. The fraction of sp³-hybridized carbons (Fsp3) is 0.667. The second kappa shape index (κ2) is 8.30. The minimum absolute atomic E-state index is 0.445. The Balaban J connectivity index is 2.08. The van der Waals surface area contributed by atoms with Crippen molar-refractivity contribution in [3.63, 3.8) is 0 Å². The summed E-state index contributed by atoms with van der Waals surface area (Å²) in [5.74, 6) is 0. The monoisotopic (exact) mass is 353 g/mol. The second-order valence-electron chi connectivity index (χ2n) is 6.18. The maximum Gasteiger partial charge on any atom is 0.0576 e. The minimum Gasteiger partial charge on any atom is -0.378 e. The van der Waals surface area contributed by atoms with Crippen molar-refractivity contribution in [2.24, 2.45) is 0 Å². The van der Waals surface area contributed by atoms with Crippen molar-refractivity contribution >= 4 is 15.9 Å². The van der Waals surface area contributed by atoms with E-state index < -0.39 is 0 Å². The van der Waals surface area contributed by atoms with Gasteiger partial charge in [0, 0.05) is 17.1 Å². The van der Waals surface area contributed by atoms with Crippen LogP contribution in [0.5, 0.6) is 0 Å². The molecule has 1 N–H and O–H groups in total. The molecule has 3 heteroatoms. The molecule has 1 saturated heterocycles. The molecule has 0 radical (unpaired) electrons. The second-order valence-corrected chi connectivity index (χ2v) is 7.03. The SMILES string of the molecule is CCCNC(CCC1CCCO1)c1cc(C)c(Br)cc1C. The summed E-state index contributed by atoms with van der Waals surface area (Å²) >= 11 is 3.63. The van der Waals surface area contributed by atoms with E-state index >= 15 is 0 Å². The lowest BCUT2D eigenvalue weighted by molar-refractivity contribution is 0.0995. The molecule has 1 aromatic rings. The van der Waals surface area contributed by atoms with Gasteiger partial charge in [-0.25, -0.2) is 0 Å². The number of aryl methyl sites for hydroxylation is 2. The zero-order valence-corrected chi connectivity index (χ0v) is 15.1. The molecule has 1 aliphatic rings. The quantitative estimate of drug-likeness (QED) is 0.738. The van der Waals surface area contributed by atoms with Crippen molar-refractivity contribution in [3.05, 3.63) is 33.3 Å². The van der Waals surface area contributed by atoms with Gasteiger partial charge in [-0.15, -0.1) is 0 Å². The van der Waals surface area contributed by atoms with Gasteiger partial charge in [0.2, 0.25) is 0 Å². The van der Waals surface area contributed by atoms with Gasteiger partial charge in [0.25, 0.3) is 0 Å². The number of hydrogen-bond acceptors (Lipinski definition) is 2. The summed E-state index contributed by atoms with van der Waals surface area (Å²) in [6.07, 6.45) is 6.44. The summed E-state index contributed by atoms with van der Waals surface area (Å²) < 4.78 is 6.99. The highest BCUT2D eigenvalue weighted by atomic mass is 79.9. The third kappa shape index (κ3) is 4.80. The molecule has 2 nitrogen and oxygen atoms in total. The lowest BCUT2D eigenvalue weighted by atomic mass is 9.94. The number of hydrogen-bond donors (Lipinski definition) is 1. The van der Waals surface area contributed by atoms with Gasteiger partial charge < -0.3 is 10.1 Å². The zero-order valence-electron chi connectivity index (χ0n) is 13.5. The number of nitrogens with one attached hydrogen (secondary N) is 1. The van der Waals surface area contributed by atoms with E-state index in [0.717, 1.165) is 26.0 Å². The Bertz CT molecular complexity index is 455. The third-order valence-corrected chi connectivity index (χ3v) is 5.22. The molecule has 0 saturated carbocycles. The average Bonchev–Trinajstić information content (AvgIpc) is 2.97. The normalized spacial score (nSPS) is 19.9. The molecule has 1 fully saturated rings. The summed E-state index contributed by atoms with van der Waals surface area (Å²) in [5.41, 5.74) is 4.13. The van der Waals surface area contributed by atoms with Crippen molar-refractivity contribution in [2.75, 3.05) is 13.2 Å². The van der Waals surface area contributed by atoms with E-state index in [1.165, 1.54) is 40.4 Å². The predicted octanol–water partition coefficient (Wildman–Crippen LogP) is 5.07. The van der Waals surface area contributed by atoms with Crippen LogP contribution in [0.4, 0.5) is 0 Å². The maximum atomic E-state index is 5.78. The number of halogens is 1. The summed E-state index contributed by atoms with van der Waals surface area (Å²) in [5, 5.41) is 3.73. The average molecular weight is 354 g/mol. The maximum absolute atomic E-state index is 5.78. The molecule has 2 rings (SSSR count). The predicted molar refractivity (Wildman–Crippen MR) is 92.9 cm³/mol. The third-order valence-electron chi connectivity index (χ3n) is 4.36. The van der Waals surface area contributed by atoms with Crippen LogP contribution >= 0.6 is 15.9 Å². The number of rotatable bonds is 7. The molecule has 1 heterocycles. The van der Waals surface area contributed by atoms with Crippen LogP contribution in [0.1, 0.15) is 61.8 Å². The molecule has 0 amide bonds. The number of benzene rings is 1. The van der Waals surface area contributed by atoms with Crippen LogP contribution in [0.2, 0.25) is 0 Å². The molecular weight excluding hydrogens is 326 g/mol. The van der Waals surface area contributed by atoms with Crippen LogP contribution in [0.15, 0.2) is 16.6 Å². The fourth-order valence-corrected chi connectivity index (χ4v) is 3.55. The molecule has 1 aromatic carbocycles. The molecule has 0 aliphatic carbocycles. The number of ether oxygens (including phenoxy) is 1. The molecule has 21 heavy (non-hydrogen) atoms. The Morgan fingerprint density at radius 3 is 2.81 bits per heavy atom. The summed E-state index contributed by atoms with van der Waals surface area (Å²) in [6.45, 7) is 8.64. The van der Waals surface area contributed by atoms with E-state index in [1.54, 1.807) is 0 Å². The molecular formula is C18H28BrNO. The molecule has 0 bridgehead atoms. The van der Waals surface area contributed by atoms with Crippen LogP contribution in [0, 0.1) is 13.8 Å². The Morgan fingerprint density at radius 2 is 2.14 bits per heavy atom. The van der Waals surface area contributed by atoms with Crippen LogP contribution in [-0.4, -0.2) is 19.3 Å². The van der Waals surface area contributed by atoms with Gasteiger partial charge in [-0.3, -0.25) is 0 Å². The highest BCUT2D eigenvalue weighted by Crippen LogP contribution is 2.29. The van der Waals surface area contributed by atoms with E-state index in [9.17, 15) is 0 Å². The fourth-order valence-electron chi connectivity index (χ4n) is 3.09. The summed E-state index contributed by atoms with van der Waals surface area (Å²) in [7, 11) is 0. The van der Waals surface area contributed by atoms with Gasteiger partial charge in [0.05, 0.1) is 6.10 Å². The Morgan fingerprint density at radius 1 is 1.33 bits per heavy atom. The van der Waals surface area contributed by atoms with Gasteiger partial charge >= 0.3 is 0 Å².